The number of aromatic nitrogens is 2. The Morgan fingerprint density at radius 3 is 2.86 bits per heavy atom. The maximum absolute atomic E-state index is 12.0. The van der Waals surface area contributed by atoms with Crippen LogP contribution in [0.25, 0.3) is 10.2 Å². The van der Waals surface area contributed by atoms with Gasteiger partial charge in [0.25, 0.3) is 6.43 Å². The Kier molecular flexibility index (Phi) is 5.63. The minimum absolute atomic E-state index is 0.204. The molecule has 0 saturated heterocycles. The predicted molar refractivity (Wildman–Crippen MR) is 81.7 cm³/mol. The second-order valence-electron chi connectivity index (χ2n) is 4.32. The highest BCUT2D eigenvalue weighted by Gasteiger charge is 2.10. The lowest BCUT2D eigenvalue weighted by atomic mass is 10.3. The first-order chi connectivity index (χ1) is 10.1. The highest BCUT2D eigenvalue weighted by atomic mass is 32.1. The van der Waals surface area contributed by atoms with E-state index in [0.717, 1.165) is 16.6 Å². The number of thiophene rings is 1. The van der Waals surface area contributed by atoms with Gasteiger partial charge in [0.1, 0.15) is 17.3 Å². The van der Waals surface area contributed by atoms with Gasteiger partial charge in [-0.05, 0) is 12.5 Å². The molecule has 0 aliphatic rings. The van der Waals surface area contributed by atoms with Gasteiger partial charge in [-0.25, -0.2) is 13.8 Å². The number of aryl methyl sites for hydroxylation is 1. The molecule has 21 heavy (non-hydrogen) atoms. The van der Waals surface area contributed by atoms with Crippen molar-refractivity contribution >= 4 is 33.3 Å². The number of hydrogen-bond acceptors (Lipinski definition) is 6. The summed E-state index contributed by atoms with van der Waals surface area (Å²) in [6, 6.07) is 2.06. The van der Waals surface area contributed by atoms with Crippen molar-refractivity contribution in [3.05, 3.63) is 10.9 Å². The zero-order chi connectivity index (χ0) is 15.2. The van der Waals surface area contributed by atoms with E-state index in [1.54, 1.807) is 18.4 Å². The molecule has 8 heteroatoms. The van der Waals surface area contributed by atoms with E-state index in [-0.39, 0.29) is 6.61 Å². The number of nitrogens with one attached hydrogen (secondary N) is 2. The van der Waals surface area contributed by atoms with Crippen LogP contribution in [0, 0.1) is 0 Å². The van der Waals surface area contributed by atoms with Gasteiger partial charge in [-0.2, -0.15) is 4.98 Å². The molecular weight excluding hydrogens is 298 g/mol. The minimum atomic E-state index is -2.43. The molecule has 2 rings (SSSR count). The van der Waals surface area contributed by atoms with Gasteiger partial charge >= 0.3 is 0 Å². The number of rotatable bonds is 8. The van der Waals surface area contributed by atoms with Crippen molar-refractivity contribution in [3.8, 4) is 0 Å². The molecule has 0 atom stereocenters. The zero-order valence-electron chi connectivity index (χ0n) is 11.9. The first kappa shape index (κ1) is 15.8. The lowest BCUT2D eigenvalue weighted by molar-refractivity contribution is 0.0215. The van der Waals surface area contributed by atoms with Crippen molar-refractivity contribution in [1.82, 2.24) is 9.97 Å². The Labute approximate surface area is 125 Å². The van der Waals surface area contributed by atoms with E-state index in [1.165, 1.54) is 4.88 Å². The van der Waals surface area contributed by atoms with Crippen LogP contribution in [0.1, 0.15) is 11.8 Å². The van der Waals surface area contributed by atoms with Crippen molar-refractivity contribution in [1.29, 1.82) is 0 Å². The van der Waals surface area contributed by atoms with Crippen molar-refractivity contribution in [3.63, 3.8) is 0 Å². The molecule has 0 saturated carbocycles. The van der Waals surface area contributed by atoms with E-state index >= 15 is 0 Å². The predicted octanol–water partition coefficient (Wildman–Crippen LogP) is 2.99. The van der Waals surface area contributed by atoms with Gasteiger partial charge in [0, 0.05) is 18.5 Å². The molecule has 0 fully saturated rings. The molecular formula is C13H18F2N4OS. The number of fused-ring (bicyclic) bond motifs is 1. The van der Waals surface area contributed by atoms with Crippen LogP contribution in [0.4, 0.5) is 20.5 Å². The van der Waals surface area contributed by atoms with Crippen molar-refractivity contribution in [2.24, 2.45) is 0 Å². The molecule has 0 aliphatic heterocycles. The molecule has 116 valence electrons. The van der Waals surface area contributed by atoms with E-state index in [0.29, 0.717) is 18.3 Å². The zero-order valence-corrected chi connectivity index (χ0v) is 12.8. The molecule has 0 unspecified atom stereocenters. The smallest absolute Gasteiger partial charge is 0.261 e. The van der Waals surface area contributed by atoms with Gasteiger partial charge in [-0.3, -0.25) is 0 Å². The lowest BCUT2D eigenvalue weighted by Crippen LogP contribution is -2.14. The second-order valence-corrected chi connectivity index (χ2v) is 5.44. The fourth-order valence-corrected chi connectivity index (χ4v) is 2.77. The van der Waals surface area contributed by atoms with Crippen molar-refractivity contribution in [2.75, 3.05) is 37.4 Å². The fourth-order valence-electron chi connectivity index (χ4n) is 1.81. The molecule has 0 spiro atoms. The maximum Gasteiger partial charge on any atom is 0.261 e. The summed E-state index contributed by atoms with van der Waals surface area (Å²) in [6.07, 6.45) is -1.50. The Hall–Kier alpha value is -1.54. The molecule has 2 heterocycles. The summed E-state index contributed by atoms with van der Waals surface area (Å²) in [4.78, 5) is 10.9. The summed E-state index contributed by atoms with van der Waals surface area (Å²) in [6.45, 7) is 2.16. The third kappa shape index (κ3) is 4.21. The normalized spacial score (nSPS) is 11.3. The van der Waals surface area contributed by atoms with Crippen LogP contribution < -0.4 is 10.6 Å². The third-order valence-electron chi connectivity index (χ3n) is 2.80. The third-order valence-corrected chi connectivity index (χ3v) is 3.97. The Morgan fingerprint density at radius 2 is 2.19 bits per heavy atom. The molecule has 2 N–H and O–H groups in total. The van der Waals surface area contributed by atoms with Gasteiger partial charge in [-0.1, -0.05) is 6.92 Å². The largest absolute Gasteiger partial charge is 0.374 e. The molecule has 0 bridgehead atoms. The van der Waals surface area contributed by atoms with Gasteiger partial charge in [0.15, 0.2) is 0 Å². The van der Waals surface area contributed by atoms with Crippen molar-refractivity contribution in [2.45, 2.75) is 19.8 Å². The Morgan fingerprint density at radius 1 is 1.38 bits per heavy atom. The fraction of sp³-hybridized carbons (Fsp3) is 0.538. The summed E-state index contributed by atoms with van der Waals surface area (Å²) in [5.74, 6) is 1.23. The summed E-state index contributed by atoms with van der Waals surface area (Å²) >= 11 is 1.63. The number of anilines is 2. The van der Waals surface area contributed by atoms with E-state index in [1.807, 2.05) is 0 Å². The van der Waals surface area contributed by atoms with Crippen LogP contribution in [-0.2, 0) is 11.2 Å². The van der Waals surface area contributed by atoms with Gasteiger partial charge in [0.2, 0.25) is 5.95 Å². The molecule has 5 nitrogen and oxygen atoms in total. The molecule has 2 aromatic rings. The number of nitrogens with zero attached hydrogens (tertiary/aromatic N) is 2. The second kappa shape index (κ2) is 7.46. The number of ether oxygens (including phenoxy) is 1. The van der Waals surface area contributed by atoms with Crippen LogP contribution in [0.3, 0.4) is 0 Å². The molecule has 0 aromatic carbocycles. The number of hydrogen-bond donors (Lipinski definition) is 2. The number of alkyl halides is 2. The average Bonchev–Trinajstić information content (AvgIpc) is 2.89. The van der Waals surface area contributed by atoms with Crippen molar-refractivity contribution < 1.29 is 13.5 Å². The topological polar surface area (TPSA) is 59.1 Å². The van der Waals surface area contributed by atoms with Crippen LogP contribution >= 0.6 is 11.3 Å². The van der Waals surface area contributed by atoms with Crippen LogP contribution in [0.15, 0.2) is 6.07 Å². The standard InChI is InChI=1S/C13H18F2N4OS/c1-3-8-6-9-11(17-4-5-20-7-10(14)15)18-13(16-2)19-12(9)21-8/h6,10H,3-5,7H2,1-2H3,(H2,16,17,18,19). The SMILES string of the molecule is CCc1cc2c(NCCOCC(F)F)nc(NC)nc2s1. The first-order valence-corrected chi connectivity index (χ1v) is 7.53. The van der Waals surface area contributed by atoms with Crippen LogP contribution in [0.5, 0.6) is 0 Å². The van der Waals surface area contributed by atoms with E-state index in [9.17, 15) is 8.78 Å². The first-order valence-electron chi connectivity index (χ1n) is 6.72. The minimum Gasteiger partial charge on any atom is -0.374 e. The Bertz CT molecular complexity index is 591. The van der Waals surface area contributed by atoms with E-state index < -0.39 is 13.0 Å². The van der Waals surface area contributed by atoms with Gasteiger partial charge in [0.05, 0.1) is 12.0 Å². The summed E-state index contributed by atoms with van der Waals surface area (Å²) in [5.41, 5.74) is 0. The monoisotopic (exact) mass is 316 g/mol. The van der Waals surface area contributed by atoms with Crippen LogP contribution in [0.2, 0.25) is 0 Å². The number of halogens is 2. The highest BCUT2D eigenvalue weighted by molar-refractivity contribution is 7.18. The maximum atomic E-state index is 12.0. The quantitative estimate of drug-likeness (QED) is 0.733. The molecule has 0 amide bonds. The highest BCUT2D eigenvalue weighted by Crippen LogP contribution is 2.30. The molecule has 2 aromatic heterocycles. The lowest BCUT2D eigenvalue weighted by Gasteiger charge is -2.09. The van der Waals surface area contributed by atoms with E-state index in [2.05, 4.69) is 33.6 Å². The average molecular weight is 316 g/mol. The summed E-state index contributed by atoms with van der Waals surface area (Å²) < 4.78 is 28.8. The van der Waals surface area contributed by atoms with Gasteiger partial charge in [-0.15, -0.1) is 11.3 Å². The van der Waals surface area contributed by atoms with E-state index in [4.69, 9.17) is 4.74 Å². The van der Waals surface area contributed by atoms with Gasteiger partial charge < -0.3 is 15.4 Å². The summed E-state index contributed by atoms with van der Waals surface area (Å²) in [7, 11) is 1.75. The molecule has 0 radical (unpaired) electrons. The van der Waals surface area contributed by atoms with Crippen LogP contribution in [-0.4, -0.2) is 43.2 Å². The molecule has 0 aliphatic carbocycles. The summed E-state index contributed by atoms with van der Waals surface area (Å²) in [5, 5.41) is 6.99. The Balaban J connectivity index is 2.08.